The van der Waals surface area contributed by atoms with Crippen molar-refractivity contribution in [3.8, 4) is 5.75 Å². The van der Waals surface area contributed by atoms with Gasteiger partial charge in [0.2, 0.25) is 0 Å². The predicted molar refractivity (Wildman–Crippen MR) is 124 cm³/mol. The lowest BCUT2D eigenvalue weighted by Crippen LogP contribution is -2.03. The van der Waals surface area contributed by atoms with Crippen LogP contribution < -0.4 is 9.04 Å². The van der Waals surface area contributed by atoms with Gasteiger partial charge in [0.1, 0.15) is 5.75 Å². The van der Waals surface area contributed by atoms with Crippen molar-refractivity contribution in [2.24, 2.45) is 0 Å². The average molecular weight is 402 g/mol. The van der Waals surface area contributed by atoms with E-state index in [4.69, 9.17) is 4.74 Å². The molecule has 28 heavy (non-hydrogen) atoms. The van der Waals surface area contributed by atoms with Crippen molar-refractivity contribution in [2.75, 3.05) is 11.4 Å². The number of ether oxygens (including phenoxy) is 1. The van der Waals surface area contributed by atoms with Crippen molar-refractivity contribution in [2.45, 2.75) is 0 Å². The van der Waals surface area contributed by atoms with Gasteiger partial charge in [-0.15, -0.1) is 0 Å². The largest absolute Gasteiger partial charge is 0.497 e. The molecule has 0 fully saturated rings. The molecule has 0 aromatic heterocycles. The third-order valence-corrected chi connectivity index (χ3v) is 8.89. The van der Waals surface area contributed by atoms with Crippen LogP contribution in [0.25, 0.3) is 10.5 Å². The topological polar surface area (TPSA) is 12.5 Å². The van der Waals surface area contributed by atoms with Crippen molar-refractivity contribution >= 4 is 41.5 Å². The summed E-state index contributed by atoms with van der Waals surface area (Å²) in [7, 11) is 3.56. The highest BCUT2D eigenvalue weighted by Crippen LogP contribution is 2.57. The number of methoxy groups -OCH3 is 1. The Hall–Kier alpha value is -2.69. The number of rotatable bonds is 4. The molecule has 0 saturated carbocycles. The summed E-state index contributed by atoms with van der Waals surface area (Å²) in [5, 5.41) is 0. The summed E-state index contributed by atoms with van der Waals surface area (Å²) in [5.74, 6) is 0.880. The second kappa shape index (κ2) is 7.38. The van der Waals surface area contributed by atoms with Crippen molar-refractivity contribution in [3.63, 3.8) is 0 Å². The quantitative estimate of drug-likeness (QED) is 0.360. The minimum Gasteiger partial charge on any atom is -0.497 e. The highest BCUT2D eigenvalue weighted by molar-refractivity contribution is 8.88. The van der Waals surface area contributed by atoms with E-state index in [9.17, 15) is 0 Å². The Labute approximate surface area is 171 Å². The van der Waals surface area contributed by atoms with Crippen LogP contribution in [0.5, 0.6) is 5.75 Å². The Balaban J connectivity index is 1.58. The maximum absolute atomic E-state index is 5.33. The molecule has 2 aliphatic heterocycles. The molecule has 138 valence electrons. The van der Waals surface area contributed by atoms with Gasteiger partial charge in [-0.2, -0.15) is 0 Å². The number of anilines is 1. The van der Waals surface area contributed by atoms with Gasteiger partial charge in [0.15, 0.2) is 0 Å². The van der Waals surface area contributed by atoms with Gasteiger partial charge >= 0.3 is 0 Å². The highest BCUT2D eigenvalue weighted by atomic mass is 33.1. The lowest BCUT2D eigenvalue weighted by atomic mass is 10.0. The molecule has 4 heteroatoms. The molecule has 0 saturated heterocycles. The molecule has 0 radical (unpaired) electrons. The van der Waals surface area contributed by atoms with E-state index in [1.807, 2.05) is 22.9 Å². The average Bonchev–Trinajstić information content (AvgIpc) is 3.35. The molecule has 1 unspecified atom stereocenters. The van der Waals surface area contributed by atoms with Gasteiger partial charge in [0, 0.05) is 21.5 Å². The zero-order valence-electron chi connectivity index (χ0n) is 15.4. The van der Waals surface area contributed by atoms with Crippen molar-refractivity contribution in [3.05, 3.63) is 108 Å². The van der Waals surface area contributed by atoms with E-state index in [1.54, 1.807) is 7.11 Å². The van der Waals surface area contributed by atoms with Crippen LogP contribution in [-0.4, -0.2) is 12.0 Å². The maximum Gasteiger partial charge on any atom is 0.119 e. The Morgan fingerprint density at radius 2 is 1.43 bits per heavy atom. The van der Waals surface area contributed by atoms with Crippen LogP contribution in [0.4, 0.5) is 5.69 Å². The van der Waals surface area contributed by atoms with Crippen LogP contribution >= 0.6 is 20.5 Å². The molecule has 0 bridgehead atoms. The lowest BCUT2D eigenvalue weighted by molar-refractivity contribution is 0.415. The van der Waals surface area contributed by atoms with Gasteiger partial charge in [-0.25, -0.2) is 0 Å². The first-order valence-corrected chi connectivity index (χ1v) is 11.6. The fourth-order valence-electron chi connectivity index (χ4n) is 3.34. The standard InChI is InChI=1S/C24H19NOS2/c1-26-21-14-12-20(13-15-21)25-17-22(18-8-4-2-5-9-18)24-16-23(27-28(24)25)19-10-6-3-7-11-19/h2-17H,1H3. The lowest BCUT2D eigenvalue weighted by Gasteiger charge is -2.20. The van der Waals surface area contributed by atoms with E-state index >= 15 is 0 Å². The summed E-state index contributed by atoms with van der Waals surface area (Å²) >= 11 is 0. The zero-order valence-corrected chi connectivity index (χ0v) is 17.0. The Morgan fingerprint density at radius 3 is 2.07 bits per heavy atom. The van der Waals surface area contributed by atoms with E-state index in [0.29, 0.717) is 0 Å². The van der Waals surface area contributed by atoms with Gasteiger partial charge in [-0.3, -0.25) is 4.31 Å². The highest BCUT2D eigenvalue weighted by Gasteiger charge is 2.30. The third-order valence-electron chi connectivity index (χ3n) is 4.78. The molecule has 3 aromatic rings. The summed E-state index contributed by atoms with van der Waals surface area (Å²) < 4.78 is 7.73. The van der Waals surface area contributed by atoms with E-state index in [0.717, 1.165) is 5.75 Å². The van der Waals surface area contributed by atoms with Crippen molar-refractivity contribution in [1.82, 2.24) is 0 Å². The van der Waals surface area contributed by atoms with Gasteiger partial charge in [0.25, 0.3) is 0 Å². The van der Waals surface area contributed by atoms with Crippen LogP contribution in [0.3, 0.4) is 0 Å². The van der Waals surface area contributed by atoms with Crippen LogP contribution in [0, 0.1) is 0 Å². The zero-order chi connectivity index (χ0) is 18.9. The van der Waals surface area contributed by atoms with Gasteiger partial charge in [-0.1, -0.05) is 60.7 Å². The Kier molecular flexibility index (Phi) is 4.59. The summed E-state index contributed by atoms with van der Waals surface area (Å²) in [5.41, 5.74) is 5.03. The molecule has 3 aromatic carbocycles. The van der Waals surface area contributed by atoms with Crippen LogP contribution in [-0.2, 0) is 0 Å². The normalized spacial score (nSPS) is 18.0. The maximum atomic E-state index is 5.33. The molecule has 5 rings (SSSR count). The molecular formula is C24H19NOS2. The molecule has 0 amide bonds. The molecule has 2 nitrogen and oxygen atoms in total. The Bertz CT molecular complexity index is 1100. The fraction of sp³-hybridized carbons (Fsp3) is 0.0417. The van der Waals surface area contributed by atoms with Crippen LogP contribution in [0.15, 0.2) is 97.2 Å². The monoisotopic (exact) mass is 401 g/mol. The molecular weight excluding hydrogens is 382 g/mol. The third kappa shape index (κ3) is 3.09. The predicted octanol–water partition coefficient (Wildman–Crippen LogP) is 6.62. The summed E-state index contributed by atoms with van der Waals surface area (Å²) in [6.45, 7) is 0. The van der Waals surface area contributed by atoms with Gasteiger partial charge < -0.3 is 4.74 Å². The summed E-state index contributed by atoms with van der Waals surface area (Å²) in [6.07, 6.45) is 4.66. The van der Waals surface area contributed by atoms with Gasteiger partial charge in [0.05, 0.1) is 12.8 Å². The molecule has 0 spiro atoms. The van der Waals surface area contributed by atoms with E-state index in [1.165, 1.54) is 32.2 Å². The van der Waals surface area contributed by atoms with E-state index in [-0.39, 0.29) is 9.70 Å². The van der Waals surface area contributed by atoms with Crippen molar-refractivity contribution in [1.29, 1.82) is 0 Å². The SMILES string of the molecule is COc1ccc(N2C=C(c3ccccc3)C3=S2SC(c2ccccc2)=C3)cc1. The fourth-order valence-corrected chi connectivity index (χ4v) is 7.71. The van der Waals surface area contributed by atoms with E-state index < -0.39 is 0 Å². The number of nitrogens with zero attached hydrogens (tertiary/aromatic N) is 1. The molecule has 0 aliphatic carbocycles. The minimum absolute atomic E-state index is 0.0857. The first-order chi connectivity index (χ1) is 13.8. The molecule has 2 aliphatic rings. The second-order valence-electron chi connectivity index (χ2n) is 6.50. The second-order valence-corrected chi connectivity index (χ2v) is 9.89. The summed E-state index contributed by atoms with van der Waals surface area (Å²) in [4.78, 5) is 2.73. The molecule has 1 atom stereocenters. The van der Waals surface area contributed by atoms with Gasteiger partial charge in [-0.05, 0) is 62.0 Å². The Morgan fingerprint density at radius 1 is 0.786 bits per heavy atom. The smallest absolute Gasteiger partial charge is 0.119 e. The number of hydrogen-bond acceptors (Lipinski definition) is 3. The first-order valence-electron chi connectivity index (χ1n) is 9.11. The van der Waals surface area contributed by atoms with Crippen LogP contribution in [0.1, 0.15) is 11.1 Å². The number of allylic oxidation sites excluding steroid dienone is 2. The number of hydrogen-bond donors (Lipinski definition) is 0. The van der Waals surface area contributed by atoms with Crippen molar-refractivity contribution < 1.29 is 4.74 Å². The first kappa shape index (κ1) is 17.4. The van der Waals surface area contributed by atoms with E-state index in [2.05, 4.69) is 89.4 Å². The summed E-state index contributed by atoms with van der Waals surface area (Å²) in [6, 6.07) is 29.6. The molecule has 2 heterocycles. The molecule has 0 N–H and O–H groups in total. The minimum atomic E-state index is -0.0857. The number of benzene rings is 3. The van der Waals surface area contributed by atoms with Crippen LogP contribution in [0.2, 0.25) is 0 Å².